The van der Waals surface area contributed by atoms with Gasteiger partial charge in [-0.1, -0.05) is 81.8 Å². The molecule has 1 aliphatic rings. The Labute approximate surface area is 151 Å². The van der Waals surface area contributed by atoms with Crippen LogP contribution in [0.15, 0.2) is 42.5 Å². The van der Waals surface area contributed by atoms with Crippen LogP contribution >= 0.6 is 0 Å². The number of unbranched alkanes of at least 4 members (excludes halogenated alkanes) is 6. The molecule has 1 aliphatic carbocycles. The number of carbonyl (C=O) groups excluding carboxylic acids is 1. The molecule has 0 aromatic heterocycles. The van der Waals surface area contributed by atoms with Crippen LogP contribution in [-0.2, 0) is 11.2 Å². The molecule has 0 radical (unpaired) electrons. The fourth-order valence-corrected chi connectivity index (χ4v) is 3.65. The second-order valence-electron chi connectivity index (χ2n) is 6.92. The standard InChI is InChI=1S/C23H28O2/c1-2-3-4-5-6-7-10-16-25-23(24)21-15-11-14-20-19-13-9-8-12-18(19)17-22(20)21/h8-9,11-15H,2-7,10,16-17H2,1H3. The van der Waals surface area contributed by atoms with Crippen molar-refractivity contribution in [3.05, 3.63) is 59.2 Å². The van der Waals surface area contributed by atoms with E-state index in [4.69, 9.17) is 4.74 Å². The molecule has 25 heavy (non-hydrogen) atoms. The van der Waals surface area contributed by atoms with E-state index in [-0.39, 0.29) is 5.97 Å². The maximum atomic E-state index is 12.5. The molecule has 0 heterocycles. The Morgan fingerprint density at radius 2 is 1.60 bits per heavy atom. The van der Waals surface area contributed by atoms with Crippen molar-refractivity contribution in [1.29, 1.82) is 0 Å². The van der Waals surface area contributed by atoms with Gasteiger partial charge < -0.3 is 4.74 Å². The lowest BCUT2D eigenvalue weighted by Gasteiger charge is -2.09. The molecule has 2 aromatic carbocycles. The summed E-state index contributed by atoms with van der Waals surface area (Å²) in [6, 6.07) is 14.4. The highest BCUT2D eigenvalue weighted by Crippen LogP contribution is 2.38. The van der Waals surface area contributed by atoms with E-state index < -0.39 is 0 Å². The van der Waals surface area contributed by atoms with Gasteiger partial charge in [0, 0.05) is 0 Å². The van der Waals surface area contributed by atoms with Gasteiger partial charge in [-0.3, -0.25) is 0 Å². The van der Waals surface area contributed by atoms with Crippen LogP contribution in [0.5, 0.6) is 0 Å². The van der Waals surface area contributed by atoms with Crippen LogP contribution in [0.4, 0.5) is 0 Å². The van der Waals surface area contributed by atoms with Gasteiger partial charge in [-0.15, -0.1) is 0 Å². The Morgan fingerprint density at radius 3 is 2.44 bits per heavy atom. The van der Waals surface area contributed by atoms with Crippen LogP contribution in [0.25, 0.3) is 11.1 Å². The maximum absolute atomic E-state index is 12.5. The minimum absolute atomic E-state index is 0.171. The first-order valence-corrected chi connectivity index (χ1v) is 9.68. The van der Waals surface area contributed by atoms with Crippen molar-refractivity contribution in [3.63, 3.8) is 0 Å². The van der Waals surface area contributed by atoms with Gasteiger partial charge in [-0.2, -0.15) is 0 Å². The zero-order valence-corrected chi connectivity index (χ0v) is 15.2. The quantitative estimate of drug-likeness (QED) is 0.345. The summed E-state index contributed by atoms with van der Waals surface area (Å²) in [6.45, 7) is 2.77. The summed E-state index contributed by atoms with van der Waals surface area (Å²) in [6.07, 6.45) is 9.42. The molecule has 0 saturated heterocycles. The Morgan fingerprint density at radius 1 is 0.880 bits per heavy atom. The van der Waals surface area contributed by atoms with E-state index in [0.717, 1.165) is 30.4 Å². The number of hydrogen-bond acceptors (Lipinski definition) is 2. The zero-order valence-electron chi connectivity index (χ0n) is 15.2. The summed E-state index contributed by atoms with van der Waals surface area (Å²) >= 11 is 0. The van der Waals surface area contributed by atoms with Crippen LogP contribution in [-0.4, -0.2) is 12.6 Å². The van der Waals surface area contributed by atoms with E-state index in [9.17, 15) is 4.79 Å². The van der Waals surface area contributed by atoms with Gasteiger partial charge in [0.25, 0.3) is 0 Å². The molecular weight excluding hydrogens is 308 g/mol. The number of carbonyl (C=O) groups is 1. The summed E-state index contributed by atoms with van der Waals surface area (Å²) < 4.78 is 5.54. The fraction of sp³-hybridized carbons (Fsp3) is 0.435. The molecule has 2 aromatic rings. The van der Waals surface area contributed by atoms with Crippen LogP contribution in [0.1, 0.15) is 73.4 Å². The highest BCUT2D eigenvalue weighted by molar-refractivity contribution is 5.95. The Hall–Kier alpha value is -2.09. The summed E-state index contributed by atoms with van der Waals surface area (Å²) in [5.74, 6) is -0.171. The molecule has 132 valence electrons. The van der Waals surface area contributed by atoms with Crippen molar-refractivity contribution in [2.75, 3.05) is 6.61 Å². The summed E-state index contributed by atoms with van der Waals surface area (Å²) in [4.78, 5) is 12.5. The van der Waals surface area contributed by atoms with Crippen molar-refractivity contribution >= 4 is 5.97 Å². The number of ether oxygens (including phenoxy) is 1. The van der Waals surface area contributed by atoms with Crippen molar-refractivity contribution in [1.82, 2.24) is 0 Å². The van der Waals surface area contributed by atoms with E-state index in [0.29, 0.717) is 6.61 Å². The Balaban J connectivity index is 1.51. The van der Waals surface area contributed by atoms with Gasteiger partial charge in [-0.25, -0.2) is 4.79 Å². The molecule has 2 heteroatoms. The van der Waals surface area contributed by atoms with Gasteiger partial charge in [0.15, 0.2) is 0 Å². The molecule has 2 nitrogen and oxygen atoms in total. The highest BCUT2D eigenvalue weighted by Gasteiger charge is 2.23. The Kier molecular flexibility index (Phi) is 6.27. The first-order valence-electron chi connectivity index (χ1n) is 9.68. The van der Waals surface area contributed by atoms with E-state index in [1.807, 2.05) is 12.1 Å². The summed E-state index contributed by atoms with van der Waals surface area (Å²) in [7, 11) is 0. The lowest BCUT2D eigenvalue weighted by molar-refractivity contribution is 0.0496. The molecular formula is C23H28O2. The normalized spacial score (nSPS) is 11.9. The third-order valence-electron chi connectivity index (χ3n) is 5.05. The van der Waals surface area contributed by atoms with Gasteiger partial charge >= 0.3 is 5.97 Å². The van der Waals surface area contributed by atoms with Crippen LogP contribution in [0, 0.1) is 0 Å². The van der Waals surface area contributed by atoms with Crippen molar-refractivity contribution < 1.29 is 9.53 Å². The molecule has 0 fully saturated rings. The zero-order chi connectivity index (χ0) is 17.5. The molecule has 0 aliphatic heterocycles. The Bertz CT molecular complexity index is 718. The molecule has 0 N–H and O–H groups in total. The third kappa shape index (κ3) is 4.31. The van der Waals surface area contributed by atoms with E-state index in [1.165, 1.54) is 48.8 Å². The SMILES string of the molecule is CCCCCCCCCOC(=O)c1cccc2c1Cc1ccccc1-2. The van der Waals surface area contributed by atoms with Crippen LogP contribution < -0.4 is 0 Å². The van der Waals surface area contributed by atoms with E-state index in [2.05, 4.69) is 37.3 Å². The van der Waals surface area contributed by atoms with E-state index in [1.54, 1.807) is 0 Å². The monoisotopic (exact) mass is 336 g/mol. The van der Waals surface area contributed by atoms with E-state index >= 15 is 0 Å². The van der Waals surface area contributed by atoms with Crippen LogP contribution in [0.3, 0.4) is 0 Å². The highest BCUT2D eigenvalue weighted by atomic mass is 16.5. The molecule has 0 unspecified atom stereocenters. The average Bonchev–Trinajstić information content (AvgIpc) is 3.02. The topological polar surface area (TPSA) is 26.3 Å². The summed E-state index contributed by atoms with van der Waals surface area (Å²) in [5.41, 5.74) is 5.58. The third-order valence-corrected chi connectivity index (χ3v) is 5.05. The molecule has 0 atom stereocenters. The fourth-order valence-electron chi connectivity index (χ4n) is 3.65. The lowest BCUT2D eigenvalue weighted by Crippen LogP contribution is -2.09. The molecule has 0 bridgehead atoms. The summed E-state index contributed by atoms with van der Waals surface area (Å²) in [5, 5.41) is 0. The van der Waals surface area contributed by atoms with Crippen LogP contribution in [0.2, 0.25) is 0 Å². The smallest absolute Gasteiger partial charge is 0.338 e. The van der Waals surface area contributed by atoms with Crippen molar-refractivity contribution in [2.45, 2.75) is 58.3 Å². The molecule has 0 saturated carbocycles. The molecule has 3 rings (SSSR count). The maximum Gasteiger partial charge on any atom is 0.338 e. The van der Waals surface area contributed by atoms with Crippen molar-refractivity contribution in [3.8, 4) is 11.1 Å². The first kappa shape index (κ1) is 17.7. The van der Waals surface area contributed by atoms with Gasteiger partial charge in [-0.05, 0) is 41.2 Å². The number of esters is 1. The minimum atomic E-state index is -0.171. The van der Waals surface area contributed by atoms with Gasteiger partial charge in [0.1, 0.15) is 0 Å². The predicted molar refractivity (Wildman–Crippen MR) is 103 cm³/mol. The average molecular weight is 336 g/mol. The minimum Gasteiger partial charge on any atom is -0.462 e. The molecule has 0 spiro atoms. The second-order valence-corrected chi connectivity index (χ2v) is 6.92. The first-order chi connectivity index (χ1) is 12.3. The largest absolute Gasteiger partial charge is 0.462 e. The van der Waals surface area contributed by atoms with Gasteiger partial charge in [0.05, 0.1) is 12.2 Å². The number of hydrogen-bond donors (Lipinski definition) is 0. The van der Waals surface area contributed by atoms with Gasteiger partial charge in [0.2, 0.25) is 0 Å². The van der Waals surface area contributed by atoms with Crippen molar-refractivity contribution in [2.24, 2.45) is 0 Å². The number of benzene rings is 2. The second kappa shape index (κ2) is 8.84. The number of rotatable bonds is 9. The number of fused-ring (bicyclic) bond motifs is 3. The predicted octanol–water partition coefficient (Wildman–Crippen LogP) is 6.17. The lowest BCUT2D eigenvalue weighted by atomic mass is 10.0. The molecule has 0 amide bonds.